The summed E-state index contributed by atoms with van der Waals surface area (Å²) in [5.41, 5.74) is 5.42. The quantitative estimate of drug-likeness (QED) is 0.200. The Morgan fingerprint density at radius 3 is 1.97 bits per heavy atom. The topological polar surface area (TPSA) is 0 Å². The maximum Gasteiger partial charge on any atom is 0.142 e. The van der Waals surface area contributed by atoms with Crippen LogP contribution in [0.3, 0.4) is 0 Å². The predicted octanol–water partition coefficient (Wildman–Crippen LogP) is 9.07. The first-order chi connectivity index (χ1) is 16.5. The molecule has 0 aliphatic rings. The predicted molar refractivity (Wildman–Crippen MR) is 140 cm³/mol. The molecule has 34 heavy (non-hydrogen) atoms. The Kier molecular flexibility index (Phi) is 8.34. The molecule has 0 radical (unpaired) electrons. The Labute approximate surface area is 206 Å². The lowest BCUT2D eigenvalue weighted by molar-refractivity contribution is 0.617. The summed E-state index contributed by atoms with van der Waals surface area (Å²) in [6.45, 7) is 2.23. The fourth-order valence-electron chi connectivity index (χ4n) is 4.45. The van der Waals surface area contributed by atoms with E-state index in [9.17, 15) is 4.39 Å². The van der Waals surface area contributed by atoms with E-state index >= 15 is 4.39 Å². The van der Waals surface area contributed by atoms with Crippen molar-refractivity contribution in [3.63, 3.8) is 0 Å². The van der Waals surface area contributed by atoms with Crippen LogP contribution in [0.25, 0.3) is 10.8 Å². The van der Waals surface area contributed by atoms with E-state index in [0.717, 1.165) is 30.2 Å². The molecular weight excluding hydrogens is 446 g/mol. The Balaban J connectivity index is 1.38. The van der Waals surface area contributed by atoms with Crippen LogP contribution >= 0.6 is 11.6 Å². The zero-order chi connectivity index (χ0) is 23.9. The van der Waals surface area contributed by atoms with Crippen molar-refractivity contribution < 1.29 is 8.78 Å². The summed E-state index contributed by atoms with van der Waals surface area (Å²) in [5.74, 6) is -0.620. The molecule has 3 heteroatoms. The fourth-order valence-corrected chi connectivity index (χ4v) is 4.57. The molecule has 0 amide bonds. The third-order valence-electron chi connectivity index (χ3n) is 6.56. The van der Waals surface area contributed by atoms with E-state index in [2.05, 4.69) is 37.3 Å². The van der Waals surface area contributed by atoms with Crippen LogP contribution in [-0.2, 0) is 32.1 Å². The summed E-state index contributed by atoms with van der Waals surface area (Å²) in [6.07, 6.45) is 7.92. The van der Waals surface area contributed by atoms with Crippen LogP contribution in [0.15, 0.2) is 72.8 Å². The lowest BCUT2D eigenvalue weighted by atomic mass is 9.97. The monoisotopic (exact) mass is 476 g/mol. The van der Waals surface area contributed by atoms with Gasteiger partial charge in [0.2, 0.25) is 0 Å². The molecule has 0 fully saturated rings. The molecule has 176 valence electrons. The Morgan fingerprint density at radius 1 is 0.618 bits per heavy atom. The van der Waals surface area contributed by atoms with Gasteiger partial charge in [-0.1, -0.05) is 92.0 Å². The molecule has 4 aromatic rings. The van der Waals surface area contributed by atoms with E-state index in [1.807, 2.05) is 24.3 Å². The minimum Gasteiger partial charge on any atom is -0.206 e. The number of benzene rings is 4. The van der Waals surface area contributed by atoms with Crippen molar-refractivity contribution in [2.45, 2.75) is 58.3 Å². The maximum absolute atomic E-state index is 15.2. The second kappa shape index (κ2) is 11.6. The van der Waals surface area contributed by atoms with Gasteiger partial charge in [0.15, 0.2) is 0 Å². The van der Waals surface area contributed by atoms with E-state index in [1.165, 1.54) is 42.0 Å². The maximum atomic E-state index is 15.2. The van der Waals surface area contributed by atoms with Crippen LogP contribution in [0.1, 0.15) is 54.0 Å². The first-order valence-electron chi connectivity index (χ1n) is 12.2. The lowest BCUT2D eigenvalue weighted by Crippen LogP contribution is -1.97. The highest BCUT2D eigenvalue weighted by atomic mass is 35.5. The largest absolute Gasteiger partial charge is 0.206 e. The van der Waals surface area contributed by atoms with Crippen molar-refractivity contribution in [2.75, 3.05) is 0 Å². The van der Waals surface area contributed by atoms with Crippen molar-refractivity contribution in [1.82, 2.24) is 0 Å². The number of fused-ring (bicyclic) bond motifs is 1. The lowest BCUT2D eigenvalue weighted by Gasteiger charge is -2.10. The number of hydrogen-bond donors (Lipinski definition) is 0. The van der Waals surface area contributed by atoms with Gasteiger partial charge in [0.05, 0.1) is 5.02 Å². The van der Waals surface area contributed by atoms with E-state index in [4.69, 9.17) is 11.6 Å². The van der Waals surface area contributed by atoms with Gasteiger partial charge in [-0.25, -0.2) is 8.78 Å². The van der Waals surface area contributed by atoms with Crippen molar-refractivity contribution >= 4 is 22.4 Å². The summed E-state index contributed by atoms with van der Waals surface area (Å²) in [5, 5.41) is 1.67. The molecule has 0 aliphatic carbocycles. The van der Waals surface area contributed by atoms with Gasteiger partial charge in [-0.2, -0.15) is 0 Å². The molecule has 0 bridgehead atoms. The molecule has 0 aliphatic heterocycles. The van der Waals surface area contributed by atoms with Gasteiger partial charge in [-0.05, 0) is 83.9 Å². The Morgan fingerprint density at radius 2 is 1.24 bits per heavy atom. The highest BCUT2D eigenvalue weighted by Crippen LogP contribution is 2.25. The van der Waals surface area contributed by atoms with Crippen LogP contribution in [-0.4, -0.2) is 0 Å². The number of unbranched alkanes of at least 4 members (excludes halogenated alkanes) is 2. The first kappa shape index (κ1) is 24.4. The van der Waals surface area contributed by atoms with E-state index in [0.29, 0.717) is 23.8 Å². The summed E-state index contributed by atoms with van der Waals surface area (Å²) >= 11 is 5.75. The van der Waals surface area contributed by atoms with Crippen molar-refractivity contribution in [1.29, 1.82) is 0 Å². The van der Waals surface area contributed by atoms with Crippen molar-refractivity contribution in [2.24, 2.45) is 0 Å². The molecule has 0 N–H and O–H groups in total. The summed E-state index contributed by atoms with van der Waals surface area (Å²) in [4.78, 5) is 0. The molecule has 0 saturated carbocycles. The highest BCUT2D eigenvalue weighted by Gasteiger charge is 2.10. The van der Waals surface area contributed by atoms with Crippen LogP contribution in [0.2, 0.25) is 5.02 Å². The number of aryl methyl sites for hydroxylation is 5. The number of halogens is 3. The first-order valence-corrected chi connectivity index (χ1v) is 12.6. The van der Waals surface area contributed by atoms with Crippen LogP contribution in [0.4, 0.5) is 8.78 Å². The number of hydrogen-bond acceptors (Lipinski definition) is 0. The van der Waals surface area contributed by atoms with Crippen LogP contribution in [0, 0.1) is 11.6 Å². The molecule has 4 aromatic carbocycles. The van der Waals surface area contributed by atoms with Gasteiger partial charge < -0.3 is 0 Å². The van der Waals surface area contributed by atoms with Gasteiger partial charge in [-0.3, -0.25) is 0 Å². The third kappa shape index (κ3) is 6.24. The van der Waals surface area contributed by atoms with Gasteiger partial charge in [0.1, 0.15) is 11.6 Å². The Hall–Kier alpha value is -2.71. The molecule has 0 nitrogen and oxygen atoms in total. The average molecular weight is 477 g/mol. The number of rotatable bonds is 10. The molecule has 0 spiro atoms. The van der Waals surface area contributed by atoms with Crippen LogP contribution < -0.4 is 0 Å². The van der Waals surface area contributed by atoms with Gasteiger partial charge >= 0.3 is 0 Å². The second-order valence-corrected chi connectivity index (χ2v) is 9.52. The molecule has 0 aromatic heterocycles. The van der Waals surface area contributed by atoms with E-state index in [-0.39, 0.29) is 10.8 Å². The standard InChI is InChI=1S/C31H31ClF2/c1-2-3-4-5-22-6-8-23(9-7-22)10-11-24-13-18-28-27(20-24)17-16-26(31(28)34)15-12-25-14-19-29(32)30(33)21-25/h6-9,13-14,16-21H,2-5,10-12,15H2,1H3. The highest BCUT2D eigenvalue weighted by molar-refractivity contribution is 6.30. The van der Waals surface area contributed by atoms with E-state index < -0.39 is 5.82 Å². The summed E-state index contributed by atoms with van der Waals surface area (Å²) in [6, 6.07) is 23.6. The van der Waals surface area contributed by atoms with Gasteiger partial charge in [-0.15, -0.1) is 0 Å². The molecule has 0 heterocycles. The normalized spacial score (nSPS) is 11.3. The smallest absolute Gasteiger partial charge is 0.142 e. The third-order valence-corrected chi connectivity index (χ3v) is 6.87. The Bertz CT molecular complexity index is 1240. The SMILES string of the molecule is CCCCCc1ccc(CCc2ccc3c(F)c(CCc4ccc(Cl)c(F)c4)ccc3c2)cc1. The summed E-state index contributed by atoms with van der Waals surface area (Å²) in [7, 11) is 0. The molecule has 0 atom stereocenters. The summed E-state index contributed by atoms with van der Waals surface area (Å²) < 4.78 is 28.8. The molecule has 0 unspecified atom stereocenters. The molecule has 0 saturated heterocycles. The van der Waals surface area contributed by atoms with Crippen molar-refractivity contribution in [3.8, 4) is 0 Å². The molecule has 4 rings (SSSR count). The minimum absolute atomic E-state index is 0.107. The fraction of sp³-hybridized carbons (Fsp3) is 0.290. The van der Waals surface area contributed by atoms with Crippen LogP contribution in [0.5, 0.6) is 0 Å². The average Bonchev–Trinajstić information content (AvgIpc) is 2.85. The van der Waals surface area contributed by atoms with Crippen molar-refractivity contribution in [3.05, 3.63) is 117 Å². The zero-order valence-corrected chi connectivity index (χ0v) is 20.5. The zero-order valence-electron chi connectivity index (χ0n) is 19.7. The minimum atomic E-state index is -0.436. The molecular formula is C31H31ClF2. The van der Waals surface area contributed by atoms with Gasteiger partial charge in [0, 0.05) is 5.39 Å². The second-order valence-electron chi connectivity index (χ2n) is 9.12. The van der Waals surface area contributed by atoms with Gasteiger partial charge in [0.25, 0.3) is 0 Å². The van der Waals surface area contributed by atoms with E-state index in [1.54, 1.807) is 12.1 Å².